The van der Waals surface area contributed by atoms with Gasteiger partial charge in [0, 0.05) is 12.3 Å². The van der Waals surface area contributed by atoms with Crippen LogP contribution in [0.2, 0.25) is 0 Å². The van der Waals surface area contributed by atoms with Gasteiger partial charge in [-0.1, -0.05) is 12.1 Å². The molecule has 0 atom stereocenters. The van der Waals surface area contributed by atoms with Crippen molar-refractivity contribution in [1.82, 2.24) is 15.3 Å². The Kier molecular flexibility index (Phi) is 3.27. The van der Waals surface area contributed by atoms with E-state index in [4.69, 9.17) is 4.42 Å². The molecule has 106 valence electrons. The number of benzene rings is 1. The summed E-state index contributed by atoms with van der Waals surface area (Å²) < 4.78 is 5.57. The molecule has 0 aliphatic carbocycles. The van der Waals surface area contributed by atoms with E-state index in [1.807, 2.05) is 25.1 Å². The lowest BCUT2D eigenvalue weighted by Gasteiger charge is -2.01. The van der Waals surface area contributed by atoms with Gasteiger partial charge < -0.3 is 14.7 Å². The van der Waals surface area contributed by atoms with Gasteiger partial charge in [-0.3, -0.25) is 9.59 Å². The van der Waals surface area contributed by atoms with Crippen molar-refractivity contribution in [2.24, 2.45) is 0 Å². The Balaban J connectivity index is 1.74. The van der Waals surface area contributed by atoms with Gasteiger partial charge in [0.05, 0.1) is 12.1 Å². The summed E-state index contributed by atoms with van der Waals surface area (Å²) in [7, 11) is 0. The molecular formula is C15H13N3O3. The van der Waals surface area contributed by atoms with Crippen LogP contribution in [0.4, 0.5) is 0 Å². The van der Waals surface area contributed by atoms with Crippen molar-refractivity contribution in [2.75, 3.05) is 0 Å². The zero-order valence-corrected chi connectivity index (χ0v) is 11.3. The molecular weight excluding hydrogens is 270 g/mol. The maximum atomic E-state index is 11.9. The van der Waals surface area contributed by atoms with E-state index in [0.29, 0.717) is 17.0 Å². The average molecular weight is 283 g/mol. The lowest BCUT2D eigenvalue weighted by molar-refractivity contribution is 0.0947. The molecule has 2 heterocycles. The van der Waals surface area contributed by atoms with Crippen molar-refractivity contribution < 1.29 is 9.21 Å². The Labute approximate surface area is 119 Å². The number of rotatable bonds is 3. The number of para-hydroxylation sites is 1. The van der Waals surface area contributed by atoms with Crippen LogP contribution in [0.3, 0.4) is 0 Å². The molecule has 0 unspecified atom stereocenters. The SMILES string of the molecule is Cc1cccc2oc(CNC(=O)c3ccc(=O)[nH]c3)nc12. The predicted molar refractivity (Wildman–Crippen MR) is 77.0 cm³/mol. The van der Waals surface area contributed by atoms with Gasteiger partial charge in [-0.15, -0.1) is 0 Å². The van der Waals surface area contributed by atoms with Gasteiger partial charge in [-0.2, -0.15) is 0 Å². The van der Waals surface area contributed by atoms with Crippen molar-refractivity contribution in [3.8, 4) is 0 Å². The van der Waals surface area contributed by atoms with Crippen LogP contribution in [0.5, 0.6) is 0 Å². The van der Waals surface area contributed by atoms with E-state index in [1.54, 1.807) is 0 Å². The normalized spacial score (nSPS) is 10.7. The van der Waals surface area contributed by atoms with Crippen LogP contribution < -0.4 is 10.9 Å². The largest absolute Gasteiger partial charge is 0.439 e. The highest BCUT2D eigenvalue weighted by Crippen LogP contribution is 2.18. The molecule has 0 radical (unpaired) electrons. The number of aromatic amines is 1. The van der Waals surface area contributed by atoms with E-state index in [0.717, 1.165) is 11.1 Å². The summed E-state index contributed by atoms with van der Waals surface area (Å²) in [6.45, 7) is 2.14. The number of hydrogen-bond acceptors (Lipinski definition) is 4. The zero-order chi connectivity index (χ0) is 14.8. The summed E-state index contributed by atoms with van der Waals surface area (Å²) in [4.78, 5) is 29.7. The maximum Gasteiger partial charge on any atom is 0.253 e. The van der Waals surface area contributed by atoms with E-state index >= 15 is 0 Å². The maximum absolute atomic E-state index is 11.9. The smallest absolute Gasteiger partial charge is 0.253 e. The molecule has 2 aromatic heterocycles. The molecule has 1 aromatic carbocycles. The molecule has 0 saturated carbocycles. The Hall–Kier alpha value is -2.89. The topological polar surface area (TPSA) is 88.0 Å². The molecule has 0 bridgehead atoms. The number of hydrogen-bond donors (Lipinski definition) is 2. The van der Waals surface area contributed by atoms with E-state index in [9.17, 15) is 9.59 Å². The van der Waals surface area contributed by atoms with Gasteiger partial charge in [0.25, 0.3) is 5.91 Å². The van der Waals surface area contributed by atoms with Crippen LogP contribution in [0.1, 0.15) is 21.8 Å². The lowest BCUT2D eigenvalue weighted by Crippen LogP contribution is -2.23. The second-order valence-electron chi connectivity index (χ2n) is 4.65. The third-order valence-electron chi connectivity index (χ3n) is 3.11. The van der Waals surface area contributed by atoms with Crippen LogP contribution in [0.15, 0.2) is 45.7 Å². The highest BCUT2D eigenvalue weighted by atomic mass is 16.3. The minimum Gasteiger partial charge on any atom is -0.439 e. The van der Waals surface area contributed by atoms with Gasteiger partial charge in [0.2, 0.25) is 11.4 Å². The molecule has 2 N–H and O–H groups in total. The number of aryl methyl sites for hydroxylation is 1. The zero-order valence-electron chi connectivity index (χ0n) is 11.3. The van der Waals surface area contributed by atoms with Gasteiger partial charge in [-0.05, 0) is 24.6 Å². The summed E-state index contributed by atoms with van der Waals surface area (Å²) in [6, 6.07) is 8.45. The second kappa shape index (κ2) is 5.24. The number of pyridine rings is 1. The number of oxazole rings is 1. The summed E-state index contributed by atoms with van der Waals surface area (Å²) in [5, 5.41) is 2.70. The molecule has 21 heavy (non-hydrogen) atoms. The first-order valence-corrected chi connectivity index (χ1v) is 6.45. The molecule has 6 heteroatoms. The summed E-state index contributed by atoms with van der Waals surface area (Å²) in [5.74, 6) is 0.141. The summed E-state index contributed by atoms with van der Waals surface area (Å²) in [5.41, 5.74) is 2.64. The van der Waals surface area contributed by atoms with E-state index in [2.05, 4.69) is 15.3 Å². The number of fused-ring (bicyclic) bond motifs is 1. The van der Waals surface area contributed by atoms with Crippen LogP contribution in [0, 0.1) is 6.92 Å². The first-order chi connectivity index (χ1) is 10.1. The van der Waals surface area contributed by atoms with Gasteiger partial charge in [0.15, 0.2) is 5.58 Å². The Morgan fingerprint density at radius 1 is 1.33 bits per heavy atom. The molecule has 3 rings (SSSR count). The minimum atomic E-state index is -0.301. The van der Waals surface area contributed by atoms with Crippen molar-refractivity contribution in [3.05, 3.63) is 63.9 Å². The Morgan fingerprint density at radius 3 is 2.90 bits per heavy atom. The quantitative estimate of drug-likeness (QED) is 0.766. The molecule has 0 saturated heterocycles. The molecule has 1 amide bonds. The highest BCUT2D eigenvalue weighted by Gasteiger charge is 2.10. The van der Waals surface area contributed by atoms with Crippen molar-refractivity contribution in [2.45, 2.75) is 13.5 Å². The number of nitrogens with zero attached hydrogens (tertiary/aromatic N) is 1. The van der Waals surface area contributed by atoms with Crippen LogP contribution in [0.25, 0.3) is 11.1 Å². The standard InChI is InChI=1S/C15H13N3O3/c1-9-3-2-4-11-14(9)18-13(21-11)8-17-15(20)10-5-6-12(19)16-7-10/h2-7H,8H2,1H3,(H,16,19)(H,17,20). The van der Waals surface area contributed by atoms with Crippen LogP contribution >= 0.6 is 0 Å². The van der Waals surface area contributed by atoms with Gasteiger partial charge in [-0.25, -0.2) is 4.98 Å². The molecule has 6 nitrogen and oxygen atoms in total. The first-order valence-electron chi connectivity index (χ1n) is 6.45. The molecule has 0 aliphatic heterocycles. The lowest BCUT2D eigenvalue weighted by atomic mass is 10.2. The molecule has 3 aromatic rings. The number of amides is 1. The molecule has 0 fully saturated rings. The first kappa shape index (κ1) is 13.1. The van der Waals surface area contributed by atoms with Crippen molar-refractivity contribution >= 4 is 17.0 Å². The summed E-state index contributed by atoms with van der Waals surface area (Å²) in [6.07, 6.45) is 1.37. The van der Waals surface area contributed by atoms with E-state index < -0.39 is 0 Å². The van der Waals surface area contributed by atoms with E-state index in [-0.39, 0.29) is 18.0 Å². The number of carbonyl (C=O) groups is 1. The highest BCUT2D eigenvalue weighted by molar-refractivity contribution is 5.93. The fraction of sp³-hybridized carbons (Fsp3) is 0.133. The van der Waals surface area contributed by atoms with Gasteiger partial charge in [0.1, 0.15) is 5.52 Å². The Bertz CT molecular complexity index is 843. The minimum absolute atomic E-state index is 0.187. The Morgan fingerprint density at radius 2 is 2.19 bits per heavy atom. The number of aromatic nitrogens is 2. The third kappa shape index (κ3) is 2.69. The fourth-order valence-electron chi connectivity index (χ4n) is 2.02. The fourth-order valence-corrected chi connectivity index (χ4v) is 2.02. The van der Waals surface area contributed by atoms with Crippen LogP contribution in [-0.2, 0) is 6.54 Å². The van der Waals surface area contributed by atoms with E-state index in [1.165, 1.54) is 18.3 Å². The molecule has 0 aliphatic rings. The van der Waals surface area contributed by atoms with Crippen molar-refractivity contribution in [3.63, 3.8) is 0 Å². The van der Waals surface area contributed by atoms with Crippen LogP contribution in [-0.4, -0.2) is 15.9 Å². The predicted octanol–water partition coefficient (Wildman–Crippen LogP) is 1.75. The van der Waals surface area contributed by atoms with Gasteiger partial charge >= 0.3 is 0 Å². The number of nitrogens with one attached hydrogen (secondary N) is 2. The third-order valence-corrected chi connectivity index (χ3v) is 3.11. The second-order valence-corrected chi connectivity index (χ2v) is 4.65. The number of carbonyl (C=O) groups excluding carboxylic acids is 1. The average Bonchev–Trinajstić information content (AvgIpc) is 2.90. The van der Waals surface area contributed by atoms with Crippen molar-refractivity contribution in [1.29, 1.82) is 0 Å². The summed E-state index contributed by atoms with van der Waals surface area (Å²) >= 11 is 0. The molecule has 0 spiro atoms. The monoisotopic (exact) mass is 283 g/mol. The number of H-pyrrole nitrogens is 1.